The molecule has 0 spiro atoms. The van der Waals surface area contributed by atoms with Crippen molar-refractivity contribution in [2.45, 2.75) is 51.0 Å². The number of unbranched alkanes of at least 4 members (excludes halogenated alkanes) is 2. The van der Waals surface area contributed by atoms with Gasteiger partial charge in [0.25, 0.3) is 0 Å². The van der Waals surface area contributed by atoms with Crippen molar-refractivity contribution in [3.8, 4) is 17.2 Å². The molecule has 0 unspecified atom stereocenters. The largest absolute Gasteiger partial charge is 0.504 e. The van der Waals surface area contributed by atoms with Crippen molar-refractivity contribution in [3.05, 3.63) is 92.8 Å². The Kier molecular flexibility index (Phi) is 11.5. The molecule has 3 aromatic rings. The van der Waals surface area contributed by atoms with E-state index in [1.54, 1.807) is 12.3 Å². The number of pyridine rings is 1. The predicted molar refractivity (Wildman–Crippen MR) is 195 cm³/mol. The van der Waals surface area contributed by atoms with Gasteiger partial charge in [0, 0.05) is 25.1 Å². The molecule has 0 saturated carbocycles. The number of methoxy groups -OCH3 is 1. The summed E-state index contributed by atoms with van der Waals surface area (Å²) < 4.78 is 18.8. The van der Waals surface area contributed by atoms with E-state index < -0.39 is 17.8 Å². The molecular weight excluding hydrogens is 751 g/mol. The van der Waals surface area contributed by atoms with Gasteiger partial charge in [-0.1, -0.05) is 30.7 Å². The maximum atomic E-state index is 13.9. The average Bonchev–Trinajstić information content (AvgIpc) is 3.65. The fourth-order valence-corrected chi connectivity index (χ4v) is 8.07. The number of carbonyl (C=O) groups excluding carboxylic acids is 2. The van der Waals surface area contributed by atoms with E-state index in [9.17, 15) is 19.5 Å². The molecule has 2 aromatic carbocycles. The van der Waals surface area contributed by atoms with Gasteiger partial charge in [-0.25, -0.2) is 0 Å². The Morgan fingerprint density at radius 3 is 2.58 bits per heavy atom. The van der Waals surface area contributed by atoms with E-state index in [4.69, 9.17) is 19.3 Å². The van der Waals surface area contributed by atoms with Gasteiger partial charge >= 0.3 is 5.97 Å². The maximum absolute atomic E-state index is 13.9. The zero-order chi connectivity index (χ0) is 35.2. The molecule has 0 radical (unpaired) electrons. The highest BCUT2D eigenvalue weighted by Gasteiger charge is 2.56. The van der Waals surface area contributed by atoms with Crippen LogP contribution in [0, 0.1) is 21.3 Å². The van der Waals surface area contributed by atoms with Crippen molar-refractivity contribution in [1.82, 2.24) is 9.88 Å². The molecule has 4 atom stereocenters. The first-order valence-corrected chi connectivity index (χ1v) is 18.1. The van der Waals surface area contributed by atoms with Crippen LogP contribution in [0.4, 0.5) is 0 Å². The van der Waals surface area contributed by atoms with Crippen LogP contribution in [0.1, 0.15) is 56.2 Å². The highest BCUT2D eigenvalue weighted by Crippen LogP contribution is 2.50. The summed E-state index contributed by atoms with van der Waals surface area (Å²) in [5, 5.41) is 19.4. The lowest BCUT2D eigenvalue weighted by molar-refractivity contribution is -0.141. The van der Waals surface area contributed by atoms with E-state index in [1.807, 2.05) is 54.6 Å². The highest BCUT2D eigenvalue weighted by molar-refractivity contribution is 14.1. The second-order valence-electron chi connectivity index (χ2n) is 12.9. The molecule has 2 N–H and O–H groups in total. The minimum absolute atomic E-state index is 0.0751. The molecule has 2 fully saturated rings. The molecule has 6 rings (SSSR count). The summed E-state index contributed by atoms with van der Waals surface area (Å²) in [4.78, 5) is 44.5. The van der Waals surface area contributed by atoms with Crippen LogP contribution in [-0.2, 0) is 19.1 Å². The monoisotopic (exact) mass is 792 g/mol. The SMILES string of the molecule is COc1cc(/C=C(/CC[C@H]2OC[C@H]3C2=C(COc2ccccc2)C[C@H]2C(=O)N(CCCCCC(=O)O)C(=O)[C@H]23)c2ccccn2)cc(I)c1O. The zero-order valence-electron chi connectivity index (χ0n) is 27.9. The Morgan fingerprint density at radius 2 is 1.84 bits per heavy atom. The van der Waals surface area contributed by atoms with Gasteiger partial charge in [0.05, 0.1) is 40.9 Å². The lowest BCUT2D eigenvalue weighted by atomic mass is 9.69. The Hall–Kier alpha value is -4.23. The van der Waals surface area contributed by atoms with Crippen LogP contribution < -0.4 is 9.47 Å². The number of carbonyl (C=O) groups is 3. The molecule has 50 heavy (non-hydrogen) atoms. The minimum atomic E-state index is -0.845. The Labute approximate surface area is 305 Å². The second-order valence-corrected chi connectivity index (χ2v) is 14.1. The first kappa shape index (κ1) is 35.6. The van der Waals surface area contributed by atoms with Crippen LogP contribution >= 0.6 is 22.6 Å². The number of nitrogens with zero attached hydrogens (tertiary/aromatic N) is 2. The Balaban J connectivity index is 1.26. The number of likely N-dealkylation sites (tertiary alicyclic amines) is 1. The number of fused-ring (bicyclic) bond motifs is 3. The number of aliphatic carboxylic acids is 1. The van der Waals surface area contributed by atoms with Crippen molar-refractivity contribution in [1.29, 1.82) is 0 Å². The number of halogens is 1. The molecule has 1 aromatic heterocycles. The number of aromatic nitrogens is 1. The number of amides is 2. The van der Waals surface area contributed by atoms with Gasteiger partial charge in [-0.15, -0.1) is 0 Å². The fourth-order valence-electron chi connectivity index (χ4n) is 7.45. The lowest BCUT2D eigenvalue weighted by Gasteiger charge is -2.32. The molecule has 2 aliphatic heterocycles. The number of phenols is 1. The minimum Gasteiger partial charge on any atom is -0.504 e. The zero-order valence-corrected chi connectivity index (χ0v) is 30.1. The second kappa shape index (κ2) is 16.2. The molecule has 3 aliphatic rings. The van der Waals surface area contributed by atoms with Crippen molar-refractivity contribution in [2.24, 2.45) is 17.8 Å². The number of carboxylic acid groups (broad SMARTS) is 1. The number of hydrogen-bond donors (Lipinski definition) is 2. The summed E-state index contributed by atoms with van der Waals surface area (Å²) in [5.74, 6) is -1.13. The maximum Gasteiger partial charge on any atom is 0.303 e. The highest BCUT2D eigenvalue weighted by atomic mass is 127. The standard InChI is InChI=1S/C39H41IN2O8/c1-48-33-20-24(19-30(40)37(33)45)18-25(31-12-7-8-16-41-31)14-15-32-35-26(22-49-27-10-4-2-5-11-27)21-28-36(29(35)23-50-32)39(47)42(38(28)46)17-9-3-6-13-34(43)44/h2,4-5,7-8,10-12,16,18-20,28-29,32,36,45H,3,6,9,13-15,17,21-23H2,1H3,(H,43,44)/b25-18-/t28-,29+,32-,36-/m1/s1. The summed E-state index contributed by atoms with van der Waals surface area (Å²) in [5.41, 5.74) is 4.74. The van der Waals surface area contributed by atoms with Crippen LogP contribution in [0.2, 0.25) is 0 Å². The number of ether oxygens (including phenoxy) is 3. The van der Waals surface area contributed by atoms with Gasteiger partial charge in [-0.2, -0.15) is 0 Å². The van der Waals surface area contributed by atoms with Crippen LogP contribution in [-0.4, -0.2) is 70.9 Å². The summed E-state index contributed by atoms with van der Waals surface area (Å²) in [6, 6.07) is 19.0. The first-order chi connectivity index (χ1) is 24.2. The summed E-state index contributed by atoms with van der Waals surface area (Å²) in [6.07, 6.45) is 7.01. The number of allylic oxidation sites excluding steroid dienone is 1. The molecule has 3 heterocycles. The number of benzene rings is 2. The van der Waals surface area contributed by atoms with E-state index in [-0.39, 0.29) is 36.0 Å². The molecule has 2 saturated heterocycles. The third-order valence-corrected chi connectivity index (χ3v) is 10.6. The fraction of sp³-hybridized carbons (Fsp3) is 0.385. The summed E-state index contributed by atoms with van der Waals surface area (Å²) in [6.45, 7) is 0.938. The van der Waals surface area contributed by atoms with Gasteiger partial charge in [0.1, 0.15) is 12.4 Å². The Morgan fingerprint density at radius 1 is 1.04 bits per heavy atom. The number of para-hydroxylation sites is 1. The van der Waals surface area contributed by atoms with Crippen molar-refractivity contribution >= 4 is 52.0 Å². The lowest BCUT2D eigenvalue weighted by Crippen LogP contribution is -2.35. The van der Waals surface area contributed by atoms with Crippen molar-refractivity contribution < 1.29 is 38.8 Å². The topological polar surface area (TPSA) is 135 Å². The van der Waals surface area contributed by atoms with E-state index in [0.717, 1.165) is 33.7 Å². The molecule has 0 bridgehead atoms. The number of imide groups is 1. The quantitative estimate of drug-likeness (QED) is 0.0741. The molecule has 262 valence electrons. The number of hydrogen-bond acceptors (Lipinski definition) is 8. The van der Waals surface area contributed by atoms with Gasteiger partial charge in [0.15, 0.2) is 11.5 Å². The van der Waals surface area contributed by atoms with Gasteiger partial charge in [-0.05, 0) is 119 Å². The summed E-state index contributed by atoms with van der Waals surface area (Å²) >= 11 is 2.09. The van der Waals surface area contributed by atoms with Gasteiger partial charge in [-0.3, -0.25) is 24.3 Å². The summed E-state index contributed by atoms with van der Waals surface area (Å²) in [7, 11) is 1.53. The van der Waals surface area contributed by atoms with Crippen molar-refractivity contribution in [2.75, 3.05) is 26.9 Å². The number of carboxylic acids is 1. The normalized spacial score (nSPS) is 21.7. The third kappa shape index (κ3) is 7.88. The van der Waals surface area contributed by atoms with E-state index >= 15 is 0 Å². The predicted octanol–water partition coefficient (Wildman–Crippen LogP) is 6.76. The number of phenolic OH excluding ortho intramolecular Hbond substituents is 1. The van der Waals surface area contributed by atoms with Crippen LogP contribution in [0.5, 0.6) is 17.2 Å². The molecule has 11 heteroatoms. The molecule has 1 aliphatic carbocycles. The average molecular weight is 793 g/mol. The van der Waals surface area contributed by atoms with Crippen molar-refractivity contribution in [3.63, 3.8) is 0 Å². The van der Waals surface area contributed by atoms with Gasteiger partial charge < -0.3 is 24.4 Å². The number of rotatable bonds is 15. The third-order valence-electron chi connectivity index (χ3n) is 9.81. The molecule has 10 nitrogen and oxygen atoms in total. The smallest absolute Gasteiger partial charge is 0.303 e. The van der Waals surface area contributed by atoms with Crippen LogP contribution in [0.25, 0.3) is 11.6 Å². The first-order valence-electron chi connectivity index (χ1n) is 17.0. The van der Waals surface area contributed by atoms with Crippen LogP contribution in [0.15, 0.2) is 78.0 Å². The van der Waals surface area contributed by atoms with E-state index in [1.165, 1.54) is 12.0 Å². The van der Waals surface area contributed by atoms with Gasteiger partial charge in [0.2, 0.25) is 11.8 Å². The molecule has 2 amide bonds. The number of aromatic hydroxyl groups is 1. The Bertz CT molecular complexity index is 1780. The van der Waals surface area contributed by atoms with Crippen LogP contribution in [0.3, 0.4) is 0 Å². The molecular formula is C39H41IN2O8. The van der Waals surface area contributed by atoms with E-state index in [0.29, 0.717) is 67.6 Å². The van der Waals surface area contributed by atoms with E-state index in [2.05, 4.69) is 33.7 Å².